The van der Waals surface area contributed by atoms with Gasteiger partial charge in [0.25, 0.3) is 0 Å². The van der Waals surface area contributed by atoms with Crippen LogP contribution < -0.4 is 5.73 Å². The third-order valence-corrected chi connectivity index (χ3v) is 1.88. The van der Waals surface area contributed by atoms with Crippen LogP contribution in [0.5, 0.6) is 0 Å². The van der Waals surface area contributed by atoms with Gasteiger partial charge in [-0.1, -0.05) is 12.1 Å². The van der Waals surface area contributed by atoms with Crippen molar-refractivity contribution in [3.63, 3.8) is 0 Å². The molecule has 0 saturated carbocycles. The molecular weight excluding hydrogens is 167 g/mol. The second-order valence-corrected chi connectivity index (χ2v) is 2.81. The van der Waals surface area contributed by atoms with Crippen molar-refractivity contribution in [3.8, 4) is 6.07 Å². The Morgan fingerprint density at radius 1 is 1.38 bits per heavy atom. The highest BCUT2D eigenvalue weighted by atomic mass is 19.1. The van der Waals surface area contributed by atoms with Crippen LogP contribution in [0.1, 0.15) is 17.9 Å². The predicted molar refractivity (Wildman–Crippen MR) is 48.4 cm³/mol. The van der Waals surface area contributed by atoms with Crippen LogP contribution in [0.2, 0.25) is 0 Å². The van der Waals surface area contributed by atoms with Crippen LogP contribution >= 0.6 is 0 Å². The fraction of sp³-hybridized carbons (Fsp3) is 0.300. The van der Waals surface area contributed by atoms with Gasteiger partial charge in [0.1, 0.15) is 5.82 Å². The van der Waals surface area contributed by atoms with Crippen LogP contribution in [0, 0.1) is 17.1 Å². The molecular formula is C10H11FN2. The van der Waals surface area contributed by atoms with E-state index in [2.05, 4.69) is 6.07 Å². The number of nitrogens with zero attached hydrogens (tertiary/aromatic N) is 1. The highest BCUT2D eigenvalue weighted by molar-refractivity contribution is 5.25. The molecule has 13 heavy (non-hydrogen) atoms. The first-order chi connectivity index (χ1) is 6.27. The molecule has 0 spiro atoms. The maximum atomic E-state index is 12.5. The van der Waals surface area contributed by atoms with Gasteiger partial charge in [-0.3, -0.25) is 0 Å². The second-order valence-electron chi connectivity index (χ2n) is 2.81. The van der Waals surface area contributed by atoms with E-state index in [9.17, 15) is 4.39 Å². The standard InChI is InChI=1S/C10H11FN2/c11-10-3-1-8(2-4-10)9(7-13)5-6-12/h1-4,9H,5-6,12H2. The van der Waals surface area contributed by atoms with E-state index < -0.39 is 0 Å². The van der Waals surface area contributed by atoms with E-state index in [0.29, 0.717) is 13.0 Å². The van der Waals surface area contributed by atoms with E-state index in [-0.39, 0.29) is 11.7 Å². The number of nitrogens with two attached hydrogens (primary N) is 1. The average Bonchev–Trinajstić information content (AvgIpc) is 2.16. The van der Waals surface area contributed by atoms with Gasteiger partial charge in [-0.15, -0.1) is 0 Å². The summed E-state index contributed by atoms with van der Waals surface area (Å²) < 4.78 is 12.5. The minimum atomic E-state index is -0.284. The van der Waals surface area contributed by atoms with Crippen molar-refractivity contribution in [2.24, 2.45) is 5.73 Å². The SMILES string of the molecule is N#CC(CCN)c1ccc(F)cc1. The lowest BCUT2D eigenvalue weighted by atomic mass is 9.97. The molecule has 0 heterocycles. The summed E-state index contributed by atoms with van der Waals surface area (Å²) in [4.78, 5) is 0. The van der Waals surface area contributed by atoms with Crippen molar-refractivity contribution < 1.29 is 4.39 Å². The molecule has 0 aliphatic carbocycles. The molecule has 0 bridgehead atoms. The van der Waals surface area contributed by atoms with Gasteiger partial charge in [-0.25, -0.2) is 4.39 Å². The normalized spacial score (nSPS) is 12.1. The molecule has 0 amide bonds. The highest BCUT2D eigenvalue weighted by Gasteiger charge is 2.08. The Morgan fingerprint density at radius 2 is 2.00 bits per heavy atom. The third kappa shape index (κ3) is 2.53. The largest absolute Gasteiger partial charge is 0.330 e. The summed E-state index contributed by atoms with van der Waals surface area (Å²) in [6.45, 7) is 0.468. The van der Waals surface area contributed by atoms with Crippen molar-refractivity contribution in [2.45, 2.75) is 12.3 Å². The minimum Gasteiger partial charge on any atom is -0.330 e. The second kappa shape index (κ2) is 4.58. The summed E-state index contributed by atoms with van der Waals surface area (Å²) in [6, 6.07) is 8.10. The first kappa shape index (κ1) is 9.69. The molecule has 3 heteroatoms. The summed E-state index contributed by atoms with van der Waals surface area (Å²) in [5.74, 6) is -0.501. The van der Waals surface area contributed by atoms with E-state index in [1.54, 1.807) is 12.1 Å². The molecule has 1 aromatic carbocycles. The molecule has 0 aliphatic rings. The van der Waals surface area contributed by atoms with E-state index in [1.807, 2.05) is 0 Å². The Kier molecular flexibility index (Phi) is 3.41. The summed E-state index contributed by atoms with van der Waals surface area (Å²) in [7, 11) is 0. The minimum absolute atomic E-state index is 0.217. The Labute approximate surface area is 76.8 Å². The molecule has 1 aromatic rings. The lowest BCUT2D eigenvalue weighted by Crippen LogP contribution is -2.05. The van der Waals surface area contributed by atoms with E-state index >= 15 is 0 Å². The quantitative estimate of drug-likeness (QED) is 0.767. The monoisotopic (exact) mass is 178 g/mol. The molecule has 1 unspecified atom stereocenters. The summed E-state index contributed by atoms with van der Waals surface area (Å²) in [5, 5.41) is 8.78. The van der Waals surface area contributed by atoms with Crippen LogP contribution in [-0.4, -0.2) is 6.54 Å². The van der Waals surface area contributed by atoms with Crippen LogP contribution in [0.15, 0.2) is 24.3 Å². The maximum Gasteiger partial charge on any atom is 0.123 e. The third-order valence-electron chi connectivity index (χ3n) is 1.88. The Morgan fingerprint density at radius 3 is 2.46 bits per heavy atom. The summed E-state index contributed by atoms with van der Waals surface area (Å²) >= 11 is 0. The molecule has 1 atom stereocenters. The molecule has 0 aromatic heterocycles. The average molecular weight is 178 g/mol. The van der Waals surface area contributed by atoms with Crippen molar-refractivity contribution in [1.29, 1.82) is 5.26 Å². The Bertz CT molecular complexity index is 300. The van der Waals surface area contributed by atoms with Crippen molar-refractivity contribution >= 4 is 0 Å². The molecule has 0 aliphatic heterocycles. The van der Waals surface area contributed by atoms with Crippen molar-refractivity contribution in [1.82, 2.24) is 0 Å². The van der Waals surface area contributed by atoms with Crippen LogP contribution in [0.25, 0.3) is 0 Å². The van der Waals surface area contributed by atoms with Gasteiger partial charge in [0, 0.05) is 0 Å². The number of benzene rings is 1. The molecule has 0 radical (unpaired) electrons. The Hall–Kier alpha value is -1.40. The number of hydrogen-bond donors (Lipinski definition) is 1. The number of nitriles is 1. The van der Waals surface area contributed by atoms with Gasteiger partial charge in [0.2, 0.25) is 0 Å². The number of rotatable bonds is 3. The van der Waals surface area contributed by atoms with Crippen molar-refractivity contribution in [2.75, 3.05) is 6.54 Å². The Balaban J connectivity index is 2.81. The van der Waals surface area contributed by atoms with E-state index in [4.69, 9.17) is 11.0 Å². The topological polar surface area (TPSA) is 49.8 Å². The van der Waals surface area contributed by atoms with Gasteiger partial charge in [-0.2, -0.15) is 5.26 Å². The highest BCUT2D eigenvalue weighted by Crippen LogP contribution is 2.18. The first-order valence-corrected chi connectivity index (χ1v) is 4.13. The molecule has 2 nitrogen and oxygen atoms in total. The van der Waals surface area contributed by atoms with E-state index in [1.165, 1.54) is 12.1 Å². The van der Waals surface area contributed by atoms with Crippen LogP contribution in [0.4, 0.5) is 4.39 Å². The van der Waals surface area contributed by atoms with Gasteiger partial charge < -0.3 is 5.73 Å². The van der Waals surface area contributed by atoms with Gasteiger partial charge >= 0.3 is 0 Å². The molecule has 1 rings (SSSR count). The zero-order valence-electron chi connectivity index (χ0n) is 7.20. The predicted octanol–water partition coefficient (Wildman–Crippen LogP) is 1.78. The number of hydrogen-bond acceptors (Lipinski definition) is 2. The van der Waals surface area contributed by atoms with Gasteiger partial charge in [-0.05, 0) is 30.7 Å². The zero-order valence-corrected chi connectivity index (χ0v) is 7.20. The fourth-order valence-electron chi connectivity index (χ4n) is 1.17. The van der Waals surface area contributed by atoms with Gasteiger partial charge in [0.05, 0.1) is 12.0 Å². The lowest BCUT2D eigenvalue weighted by molar-refractivity contribution is 0.626. The lowest BCUT2D eigenvalue weighted by Gasteiger charge is -2.06. The smallest absolute Gasteiger partial charge is 0.123 e. The summed E-state index contributed by atoms with van der Waals surface area (Å²) in [5.41, 5.74) is 6.18. The maximum absolute atomic E-state index is 12.5. The fourth-order valence-corrected chi connectivity index (χ4v) is 1.17. The molecule has 2 N–H and O–H groups in total. The number of halogens is 1. The van der Waals surface area contributed by atoms with Crippen LogP contribution in [-0.2, 0) is 0 Å². The summed E-state index contributed by atoms with van der Waals surface area (Å²) in [6.07, 6.45) is 0.613. The first-order valence-electron chi connectivity index (χ1n) is 4.13. The molecule has 68 valence electrons. The van der Waals surface area contributed by atoms with E-state index in [0.717, 1.165) is 5.56 Å². The van der Waals surface area contributed by atoms with Crippen LogP contribution in [0.3, 0.4) is 0 Å². The van der Waals surface area contributed by atoms with Crippen molar-refractivity contribution in [3.05, 3.63) is 35.6 Å². The van der Waals surface area contributed by atoms with Gasteiger partial charge in [0.15, 0.2) is 0 Å². The molecule has 0 saturated heterocycles. The zero-order chi connectivity index (χ0) is 9.68. The molecule has 0 fully saturated rings.